The van der Waals surface area contributed by atoms with Gasteiger partial charge in [-0.05, 0) is 80.8 Å². The normalized spacial score (nSPS) is 20.7. The van der Waals surface area contributed by atoms with Gasteiger partial charge in [0.2, 0.25) is 5.96 Å². The number of alkyl halides is 3. The highest BCUT2D eigenvalue weighted by Crippen LogP contribution is 2.35. The standard InChI is InChI=1S/C28H29F3N5OPS/c1-18-8-15-25(33-22-10-12-23(13-11-22)38(3,4)37)35-26(36-27-32-17-19(2)39-27)34-24(18)14-9-20-6-5-7-21(16-20)28(29,30)31/h5-7,9-18,33H,8H2,1-4H3,(H,32,35,36)/b14-9+,25-15+,34-24-. The first-order valence-corrected chi connectivity index (χ1v) is 15.6. The summed E-state index contributed by atoms with van der Waals surface area (Å²) in [5, 5.41) is 7.87. The molecule has 6 nitrogen and oxygen atoms in total. The van der Waals surface area contributed by atoms with E-state index in [0.29, 0.717) is 34.6 Å². The lowest BCUT2D eigenvalue weighted by Gasteiger charge is -2.17. The summed E-state index contributed by atoms with van der Waals surface area (Å²) in [6.45, 7) is 7.40. The molecule has 11 heteroatoms. The van der Waals surface area contributed by atoms with Gasteiger partial charge in [0.25, 0.3) is 0 Å². The summed E-state index contributed by atoms with van der Waals surface area (Å²) >= 11 is 1.46. The Bertz CT molecular complexity index is 1500. The Morgan fingerprint density at radius 2 is 1.79 bits per heavy atom. The average molecular weight is 572 g/mol. The zero-order valence-corrected chi connectivity index (χ0v) is 23.7. The maximum Gasteiger partial charge on any atom is 0.416 e. The van der Waals surface area contributed by atoms with Gasteiger partial charge in [-0.2, -0.15) is 18.2 Å². The van der Waals surface area contributed by atoms with Crippen molar-refractivity contribution in [2.45, 2.75) is 26.4 Å². The summed E-state index contributed by atoms with van der Waals surface area (Å²) in [5.74, 6) is 0.815. The fourth-order valence-corrected chi connectivity index (χ4v) is 5.25. The van der Waals surface area contributed by atoms with Gasteiger partial charge in [-0.25, -0.2) is 9.98 Å². The number of allylic oxidation sites excluding steroid dienone is 2. The third kappa shape index (κ3) is 8.00. The lowest BCUT2D eigenvalue weighted by molar-refractivity contribution is -0.137. The molecule has 4 rings (SSSR count). The van der Waals surface area contributed by atoms with Gasteiger partial charge in [0.05, 0.1) is 5.56 Å². The van der Waals surface area contributed by atoms with E-state index >= 15 is 0 Å². The molecular formula is C28H29F3N5OPS. The first kappa shape index (κ1) is 28.5. The van der Waals surface area contributed by atoms with E-state index in [4.69, 9.17) is 4.99 Å². The highest BCUT2D eigenvalue weighted by molar-refractivity contribution is 7.70. The molecule has 1 aromatic heterocycles. The Hall–Kier alpha value is -3.49. The van der Waals surface area contributed by atoms with E-state index in [-0.39, 0.29) is 5.92 Å². The average Bonchev–Trinajstić information content (AvgIpc) is 3.27. The van der Waals surface area contributed by atoms with E-state index in [0.717, 1.165) is 28.0 Å². The second kappa shape index (κ2) is 11.7. The number of rotatable bonds is 6. The number of nitrogens with zero attached hydrogens (tertiary/aromatic N) is 3. The maximum atomic E-state index is 13.1. The second-order valence-electron chi connectivity index (χ2n) is 9.58. The topological polar surface area (TPSA) is 78.7 Å². The van der Waals surface area contributed by atoms with Crippen LogP contribution >= 0.6 is 18.5 Å². The van der Waals surface area contributed by atoms with Crippen LogP contribution < -0.4 is 15.9 Å². The SMILES string of the molecule is Cc1cnc(NC2=N/C(Nc3ccc(P(C)(C)=O)cc3)=C/CC(C)C(/C=C/c3cccc(C(F)(F)F)c3)=N\2)s1. The van der Waals surface area contributed by atoms with Crippen molar-refractivity contribution in [1.29, 1.82) is 0 Å². The number of benzene rings is 2. The Morgan fingerprint density at radius 3 is 2.44 bits per heavy atom. The third-order valence-corrected chi connectivity index (χ3v) is 8.26. The highest BCUT2D eigenvalue weighted by Gasteiger charge is 2.30. The molecule has 0 fully saturated rings. The number of halogens is 3. The summed E-state index contributed by atoms with van der Waals surface area (Å²) in [5.41, 5.74) is 1.17. The summed E-state index contributed by atoms with van der Waals surface area (Å²) < 4.78 is 51.8. The quantitative estimate of drug-likeness (QED) is 0.298. The zero-order chi connectivity index (χ0) is 28.2. The van der Waals surface area contributed by atoms with Crippen LogP contribution in [0.3, 0.4) is 0 Å². The molecule has 1 unspecified atom stereocenters. The fraction of sp³-hybridized carbons (Fsp3) is 0.250. The van der Waals surface area contributed by atoms with Crippen LogP contribution in [0, 0.1) is 12.8 Å². The number of aryl methyl sites for hydroxylation is 1. The molecule has 0 bridgehead atoms. The van der Waals surface area contributed by atoms with Gasteiger partial charge in [0.15, 0.2) is 5.13 Å². The monoisotopic (exact) mass is 571 g/mol. The number of aliphatic imine (C=N–C) groups is 2. The van der Waals surface area contributed by atoms with Crippen molar-refractivity contribution in [3.05, 3.63) is 88.7 Å². The summed E-state index contributed by atoms with van der Waals surface area (Å²) in [4.78, 5) is 14.8. The molecule has 1 aliphatic heterocycles. The minimum Gasteiger partial charge on any atom is -0.340 e. The smallest absolute Gasteiger partial charge is 0.340 e. The molecule has 1 aliphatic rings. The molecule has 0 radical (unpaired) electrons. The van der Waals surface area contributed by atoms with Gasteiger partial charge in [-0.3, -0.25) is 5.32 Å². The van der Waals surface area contributed by atoms with Gasteiger partial charge in [-0.1, -0.05) is 25.1 Å². The van der Waals surface area contributed by atoms with Crippen molar-refractivity contribution in [1.82, 2.24) is 4.98 Å². The number of hydrogen-bond donors (Lipinski definition) is 2. The predicted octanol–water partition coefficient (Wildman–Crippen LogP) is 7.63. The van der Waals surface area contributed by atoms with Crippen LogP contribution in [0.1, 0.15) is 29.3 Å². The molecule has 39 heavy (non-hydrogen) atoms. The van der Waals surface area contributed by atoms with Crippen LogP contribution in [-0.4, -0.2) is 30.0 Å². The van der Waals surface area contributed by atoms with E-state index in [1.54, 1.807) is 37.7 Å². The van der Waals surface area contributed by atoms with Gasteiger partial charge in [0, 0.05) is 33.7 Å². The van der Waals surface area contributed by atoms with E-state index < -0.39 is 18.9 Å². The molecule has 0 spiro atoms. The Kier molecular flexibility index (Phi) is 8.57. The molecule has 1 atom stereocenters. The van der Waals surface area contributed by atoms with E-state index in [1.165, 1.54) is 17.4 Å². The summed E-state index contributed by atoms with van der Waals surface area (Å²) in [6, 6.07) is 12.6. The zero-order valence-electron chi connectivity index (χ0n) is 22.0. The number of aromatic nitrogens is 1. The molecule has 2 heterocycles. The fourth-order valence-electron chi connectivity index (χ4n) is 3.72. The minimum atomic E-state index is -4.41. The minimum absolute atomic E-state index is 0.0531. The van der Waals surface area contributed by atoms with Crippen molar-refractivity contribution in [2.75, 3.05) is 24.0 Å². The van der Waals surface area contributed by atoms with Crippen molar-refractivity contribution < 1.29 is 17.7 Å². The largest absolute Gasteiger partial charge is 0.416 e. The maximum absolute atomic E-state index is 13.1. The number of guanidine groups is 1. The second-order valence-corrected chi connectivity index (χ2v) is 14.0. The van der Waals surface area contributed by atoms with Crippen molar-refractivity contribution in [3.8, 4) is 0 Å². The highest BCUT2D eigenvalue weighted by atomic mass is 32.1. The summed E-state index contributed by atoms with van der Waals surface area (Å²) in [6.07, 6.45) is 3.23. The molecule has 0 saturated heterocycles. The molecule has 0 amide bonds. The van der Waals surface area contributed by atoms with Crippen molar-refractivity contribution in [2.24, 2.45) is 15.9 Å². The lowest BCUT2D eigenvalue weighted by atomic mass is 9.99. The third-order valence-electron chi connectivity index (χ3n) is 5.89. The van der Waals surface area contributed by atoms with Gasteiger partial charge in [0.1, 0.15) is 13.0 Å². The lowest BCUT2D eigenvalue weighted by Crippen LogP contribution is -2.19. The first-order valence-electron chi connectivity index (χ1n) is 12.2. The van der Waals surface area contributed by atoms with Gasteiger partial charge >= 0.3 is 6.18 Å². The molecule has 2 N–H and O–H groups in total. The van der Waals surface area contributed by atoms with Crippen LogP contribution in [0.5, 0.6) is 0 Å². The number of hydrogen-bond acceptors (Lipinski definition) is 7. The van der Waals surface area contributed by atoms with Crippen LogP contribution in [0.25, 0.3) is 6.08 Å². The molecule has 2 aromatic carbocycles. The Morgan fingerprint density at radius 1 is 1.05 bits per heavy atom. The van der Waals surface area contributed by atoms with Crippen LogP contribution in [0.4, 0.5) is 24.0 Å². The van der Waals surface area contributed by atoms with Crippen LogP contribution in [-0.2, 0) is 10.7 Å². The number of nitrogens with one attached hydrogen (secondary N) is 2. The van der Waals surface area contributed by atoms with E-state index in [9.17, 15) is 17.7 Å². The molecule has 3 aromatic rings. The van der Waals surface area contributed by atoms with Gasteiger partial charge < -0.3 is 9.88 Å². The Balaban J connectivity index is 1.64. The van der Waals surface area contributed by atoms with Crippen molar-refractivity contribution in [3.63, 3.8) is 0 Å². The summed E-state index contributed by atoms with van der Waals surface area (Å²) in [7, 11) is -2.36. The van der Waals surface area contributed by atoms with Gasteiger partial charge in [-0.15, -0.1) is 11.3 Å². The number of anilines is 2. The Labute approximate surface area is 229 Å². The van der Waals surface area contributed by atoms with Crippen LogP contribution in [0.2, 0.25) is 0 Å². The first-order chi connectivity index (χ1) is 18.4. The molecular weight excluding hydrogens is 542 g/mol. The molecule has 0 saturated carbocycles. The van der Waals surface area contributed by atoms with E-state index in [2.05, 4.69) is 20.6 Å². The molecule has 0 aliphatic carbocycles. The van der Waals surface area contributed by atoms with Crippen molar-refractivity contribution >= 4 is 52.3 Å². The predicted molar refractivity (Wildman–Crippen MR) is 157 cm³/mol. The number of thiazole rings is 1. The van der Waals surface area contributed by atoms with Crippen LogP contribution in [0.15, 0.2) is 82.7 Å². The molecule has 204 valence electrons. The van der Waals surface area contributed by atoms with E-state index in [1.807, 2.05) is 44.2 Å².